The number of carbonyl (C=O) groups excluding carboxylic acids is 2. The summed E-state index contributed by atoms with van der Waals surface area (Å²) in [5.41, 5.74) is 4.86. The summed E-state index contributed by atoms with van der Waals surface area (Å²) < 4.78 is 51.2. The molecular formula is C59H62F2N10O6S. The maximum Gasteiger partial charge on any atom is 0.319 e. The van der Waals surface area contributed by atoms with E-state index in [9.17, 15) is 14.7 Å². The minimum atomic E-state index is -0.873. The number of pyridine rings is 1. The van der Waals surface area contributed by atoms with Crippen molar-refractivity contribution in [1.29, 1.82) is 0 Å². The minimum absolute atomic E-state index is 0.00243. The van der Waals surface area contributed by atoms with Crippen molar-refractivity contribution >= 4 is 50.6 Å². The predicted molar refractivity (Wildman–Crippen MR) is 292 cm³/mol. The molecule has 4 aromatic heterocycles. The Balaban J connectivity index is 0.731. The molecular weight excluding hydrogens is 1010 g/mol. The number of aromatic nitrogens is 5. The second-order valence-corrected chi connectivity index (χ2v) is 23.0. The number of carbonyl (C=O) groups is 2. The van der Waals surface area contributed by atoms with Crippen LogP contribution in [0, 0.1) is 36.8 Å². The fourth-order valence-electron chi connectivity index (χ4n) is 12.9. The van der Waals surface area contributed by atoms with Gasteiger partial charge in [0.1, 0.15) is 48.0 Å². The number of hydrogen-bond donors (Lipinski definition) is 3. The third-order valence-corrected chi connectivity index (χ3v) is 17.8. The highest BCUT2D eigenvalue weighted by atomic mass is 32.1. The molecule has 5 fully saturated rings. The van der Waals surface area contributed by atoms with Crippen molar-refractivity contribution in [3.63, 3.8) is 0 Å². The zero-order valence-electron chi connectivity index (χ0n) is 44.0. The molecule has 78 heavy (non-hydrogen) atoms. The first kappa shape index (κ1) is 51.6. The third kappa shape index (κ3) is 9.49. The quantitative estimate of drug-likeness (QED) is 0.0831. The number of anilines is 1. The van der Waals surface area contributed by atoms with Crippen LogP contribution < -0.4 is 25.0 Å². The van der Waals surface area contributed by atoms with Gasteiger partial charge in [-0.2, -0.15) is 9.97 Å². The minimum Gasteiger partial charge on any atom is -0.474 e. The fraction of sp³-hybridized carbons (Fsp3) is 0.441. The molecule has 3 aromatic carbocycles. The maximum absolute atomic E-state index is 17.3. The average Bonchev–Trinajstić information content (AvgIpc) is 4.41. The van der Waals surface area contributed by atoms with Crippen LogP contribution in [0.2, 0.25) is 0 Å². The molecule has 2 bridgehead atoms. The second kappa shape index (κ2) is 20.9. The van der Waals surface area contributed by atoms with E-state index in [0.29, 0.717) is 53.0 Å². The predicted octanol–water partition coefficient (Wildman–Crippen LogP) is 8.50. The molecule has 12 rings (SSSR count). The van der Waals surface area contributed by atoms with Crippen molar-refractivity contribution in [1.82, 2.24) is 45.5 Å². The van der Waals surface area contributed by atoms with Crippen molar-refractivity contribution in [2.24, 2.45) is 5.92 Å². The van der Waals surface area contributed by atoms with Crippen LogP contribution in [-0.2, 0) is 9.59 Å². The van der Waals surface area contributed by atoms with Crippen molar-refractivity contribution in [2.75, 3.05) is 44.3 Å². The topological polar surface area (TPSA) is 184 Å². The highest BCUT2D eigenvalue weighted by Crippen LogP contribution is 2.44. The van der Waals surface area contributed by atoms with Crippen LogP contribution in [0.25, 0.3) is 43.4 Å². The highest BCUT2D eigenvalue weighted by Gasteiger charge is 2.50. The first-order valence-corrected chi connectivity index (χ1v) is 28.0. The number of halogens is 2. The molecule has 404 valence electrons. The van der Waals surface area contributed by atoms with E-state index in [1.807, 2.05) is 63.5 Å². The highest BCUT2D eigenvalue weighted by molar-refractivity contribution is 7.13. The SMILES string of the molecule is C#Cc1c(F)ccc2cccc(-c3ncc4c(N5CC6CCC(C5)N6)nc(OC[C@]56CCCN5[C@H](COc5cc([C@H](C(=O)N7C[C@H](O)C[C@H]7C(=O)N[C@@H](C)c7ccc(-c8scnc8C)cc7)C(C)C)on5)CC6)nc4c3F)c12. The Labute approximate surface area is 454 Å². The number of fused-ring (bicyclic) bond motifs is 5. The van der Waals surface area contributed by atoms with Gasteiger partial charge in [0.05, 0.1) is 44.7 Å². The van der Waals surface area contributed by atoms with Gasteiger partial charge < -0.3 is 39.5 Å². The summed E-state index contributed by atoms with van der Waals surface area (Å²) in [6.07, 6.45) is 12.2. The van der Waals surface area contributed by atoms with Crippen LogP contribution in [0.5, 0.6) is 11.9 Å². The lowest BCUT2D eigenvalue weighted by Gasteiger charge is -2.35. The van der Waals surface area contributed by atoms with Crippen LogP contribution in [-0.4, -0.2) is 127 Å². The van der Waals surface area contributed by atoms with Crippen LogP contribution in [0.3, 0.4) is 0 Å². The number of hydrogen-bond acceptors (Lipinski definition) is 15. The Hall–Kier alpha value is -7.11. The number of rotatable bonds is 15. The zero-order valence-corrected chi connectivity index (χ0v) is 44.9. The maximum atomic E-state index is 17.3. The van der Waals surface area contributed by atoms with Gasteiger partial charge in [-0.3, -0.25) is 19.5 Å². The standard InChI is InChI=1S/C59H62F2N10O6S/c1-6-42-45(60)18-15-36-9-7-10-43(50(36)42)52-51(61)53-44(25-62-52)55(69-26-38-16-17-39(27-69)65-38)67-58(66-53)76-30-59-20-8-22-71(59)40(19-21-59)29-75-48-24-47(77-68-48)49(32(2)3)57(74)70-28-41(72)23-46(70)56(73)64-33(4)35-11-13-37(14-12-35)54-34(5)63-31-78-54/h1,7,9-15,18,24-25,31-33,38-41,46,49,65,72H,8,16-17,19-23,26-30H2,2-5H3,(H,64,73)/t33-,38?,39?,40-,41+,46-,49+,59+/m0/s1. The summed E-state index contributed by atoms with van der Waals surface area (Å²) in [7, 11) is 0. The van der Waals surface area contributed by atoms with Crippen molar-refractivity contribution in [3.05, 3.63) is 107 Å². The molecule has 5 aliphatic heterocycles. The molecule has 0 saturated carbocycles. The normalized spacial score (nSPS) is 23.8. The van der Waals surface area contributed by atoms with Gasteiger partial charge in [-0.25, -0.2) is 13.8 Å². The van der Waals surface area contributed by atoms with Gasteiger partial charge in [0.25, 0.3) is 5.88 Å². The molecule has 7 aromatic rings. The number of thiazole rings is 1. The largest absolute Gasteiger partial charge is 0.474 e. The Morgan fingerprint density at radius 3 is 2.58 bits per heavy atom. The van der Waals surface area contributed by atoms with E-state index in [-0.39, 0.29) is 95.7 Å². The molecule has 5 saturated heterocycles. The number of nitrogens with zero attached hydrogens (tertiary/aromatic N) is 8. The van der Waals surface area contributed by atoms with Crippen LogP contribution in [0.4, 0.5) is 14.6 Å². The van der Waals surface area contributed by atoms with E-state index < -0.39 is 29.7 Å². The number of nitrogens with one attached hydrogen (secondary N) is 2. The number of β-amino-alcohol motifs (C(OH)–C–C–N with tert-alkyl or cyclic N) is 1. The van der Waals surface area contributed by atoms with Crippen molar-refractivity contribution < 1.29 is 37.5 Å². The first-order chi connectivity index (χ1) is 37.7. The number of likely N-dealkylation sites (tertiary alicyclic amines) is 1. The molecule has 8 atom stereocenters. The summed E-state index contributed by atoms with van der Waals surface area (Å²) >= 11 is 1.58. The average molecular weight is 1080 g/mol. The summed E-state index contributed by atoms with van der Waals surface area (Å²) in [5, 5.41) is 23.4. The fourth-order valence-corrected chi connectivity index (χ4v) is 13.8. The van der Waals surface area contributed by atoms with Gasteiger partial charge in [0, 0.05) is 67.4 Å². The summed E-state index contributed by atoms with van der Waals surface area (Å²) in [4.78, 5) is 54.3. The molecule has 2 unspecified atom stereocenters. The number of amides is 2. The number of terminal acetylenes is 1. The van der Waals surface area contributed by atoms with Gasteiger partial charge in [-0.1, -0.05) is 68.3 Å². The molecule has 0 spiro atoms. The van der Waals surface area contributed by atoms with Crippen molar-refractivity contribution in [2.45, 2.75) is 120 Å². The lowest BCUT2D eigenvalue weighted by Crippen LogP contribution is -2.51. The van der Waals surface area contributed by atoms with Gasteiger partial charge in [-0.15, -0.1) is 17.8 Å². The second-order valence-electron chi connectivity index (χ2n) is 22.1. The van der Waals surface area contributed by atoms with E-state index in [2.05, 4.69) is 41.5 Å². The smallest absolute Gasteiger partial charge is 0.319 e. The van der Waals surface area contributed by atoms with E-state index in [0.717, 1.165) is 66.8 Å². The Morgan fingerprint density at radius 2 is 1.82 bits per heavy atom. The summed E-state index contributed by atoms with van der Waals surface area (Å²) in [6.45, 7) is 10.5. The summed E-state index contributed by atoms with van der Waals surface area (Å²) in [6, 6.07) is 17.3. The van der Waals surface area contributed by atoms with Gasteiger partial charge in [-0.05, 0) is 92.6 Å². The molecule has 19 heteroatoms. The zero-order chi connectivity index (χ0) is 54.0. The van der Waals surface area contributed by atoms with E-state index in [1.165, 1.54) is 11.0 Å². The van der Waals surface area contributed by atoms with E-state index >= 15 is 8.78 Å². The lowest BCUT2D eigenvalue weighted by atomic mass is 9.91. The molecule has 3 N–H and O–H groups in total. The van der Waals surface area contributed by atoms with Crippen LogP contribution in [0.15, 0.2) is 76.9 Å². The van der Waals surface area contributed by atoms with Gasteiger partial charge >= 0.3 is 6.01 Å². The monoisotopic (exact) mass is 1080 g/mol. The first-order valence-electron chi connectivity index (χ1n) is 27.1. The molecule has 0 aliphatic carbocycles. The number of aliphatic hydroxyl groups excluding tert-OH is 1. The molecule has 16 nitrogen and oxygen atoms in total. The number of aryl methyl sites for hydroxylation is 1. The van der Waals surface area contributed by atoms with Crippen LogP contribution >= 0.6 is 11.3 Å². The Morgan fingerprint density at radius 1 is 1.01 bits per heavy atom. The Kier molecular flexibility index (Phi) is 13.9. The van der Waals surface area contributed by atoms with E-state index in [1.54, 1.807) is 41.8 Å². The van der Waals surface area contributed by atoms with E-state index in [4.69, 9.17) is 30.4 Å². The Bertz CT molecular complexity index is 3460. The van der Waals surface area contributed by atoms with Gasteiger partial charge in [0.15, 0.2) is 11.6 Å². The molecule has 5 aliphatic rings. The van der Waals surface area contributed by atoms with Crippen molar-refractivity contribution in [3.8, 4) is 45.9 Å². The third-order valence-electron chi connectivity index (χ3n) is 16.9. The summed E-state index contributed by atoms with van der Waals surface area (Å²) in [5.74, 6) is 0.642. The number of aliphatic hydroxyl groups is 1. The van der Waals surface area contributed by atoms with Gasteiger partial charge in [0.2, 0.25) is 11.8 Å². The molecule has 9 heterocycles. The molecule has 2 amide bonds. The van der Waals surface area contributed by atoms with Crippen LogP contribution in [0.1, 0.15) is 100 Å². The lowest BCUT2D eigenvalue weighted by molar-refractivity contribution is -0.141. The number of ether oxygens (including phenoxy) is 2. The number of benzene rings is 3. The molecule has 0 radical (unpaired) electrons. The number of piperazine rings is 1.